The van der Waals surface area contributed by atoms with Crippen molar-refractivity contribution in [3.05, 3.63) is 84.1 Å². The van der Waals surface area contributed by atoms with Crippen LogP contribution in [0.25, 0.3) is 44.5 Å². The van der Waals surface area contributed by atoms with E-state index in [9.17, 15) is 17.6 Å². The van der Waals surface area contributed by atoms with Gasteiger partial charge in [-0.05, 0) is 46.7 Å². The van der Waals surface area contributed by atoms with Crippen LogP contribution in [0.5, 0.6) is 0 Å². The standard InChI is InChI=1S/C24H15F4N3/c25-13-14-11-19(24(26,27)28)22-21(12-14)30-23(31-22)18-9-8-17(20-7-3-4-10-29-20)15-5-1-2-6-16(15)18/h1-12H,13H2,(H,30,31). The third-order valence-corrected chi connectivity index (χ3v) is 5.23. The lowest BCUT2D eigenvalue weighted by Crippen LogP contribution is -2.06. The molecule has 2 heterocycles. The quantitative estimate of drug-likeness (QED) is 0.321. The van der Waals surface area contributed by atoms with E-state index in [0.29, 0.717) is 11.4 Å². The SMILES string of the molecule is FCc1cc(C(F)(F)F)c2nc(-c3ccc(-c4ccccn4)c4ccccc34)[nH]c2c1. The highest BCUT2D eigenvalue weighted by Crippen LogP contribution is 2.38. The first-order chi connectivity index (χ1) is 15.0. The van der Waals surface area contributed by atoms with Gasteiger partial charge in [0, 0.05) is 17.3 Å². The number of benzene rings is 3. The summed E-state index contributed by atoms with van der Waals surface area (Å²) < 4.78 is 53.8. The van der Waals surface area contributed by atoms with Crippen LogP contribution >= 0.6 is 0 Å². The molecule has 3 nitrogen and oxygen atoms in total. The number of rotatable bonds is 3. The van der Waals surface area contributed by atoms with Gasteiger partial charge in [-0.3, -0.25) is 4.98 Å². The molecule has 0 fully saturated rings. The van der Waals surface area contributed by atoms with Gasteiger partial charge in [0.2, 0.25) is 0 Å². The van der Waals surface area contributed by atoms with Crippen LogP contribution in [0, 0.1) is 0 Å². The summed E-state index contributed by atoms with van der Waals surface area (Å²) in [7, 11) is 0. The van der Waals surface area contributed by atoms with E-state index in [1.165, 1.54) is 6.07 Å². The van der Waals surface area contributed by atoms with Gasteiger partial charge < -0.3 is 4.98 Å². The first-order valence-corrected chi connectivity index (χ1v) is 9.55. The van der Waals surface area contributed by atoms with Crippen LogP contribution in [0.15, 0.2) is 72.9 Å². The molecule has 7 heteroatoms. The summed E-state index contributed by atoms with van der Waals surface area (Å²) in [4.78, 5) is 11.6. The van der Waals surface area contributed by atoms with Crippen molar-refractivity contribution in [3.8, 4) is 22.6 Å². The largest absolute Gasteiger partial charge is 0.418 e. The van der Waals surface area contributed by atoms with Gasteiger partial charge in [0.1, 0.15) is 18.0 Å². The summed E-state index contributed by atoms with van der Waals surface area (Å²) in [5.41, 5.74) is 1.28. The molecule has 1 N–H and O–H groups in total. The van der Waals surface area contributed by atoms with Gasteiger partial charge >= 0.3 is 6.18 Å². The van der Waals surface area contributed by atoms with E-state index < -0.39 is 18.4 Å². The highest BCUT2D eigenvalue weighted by molar-refractivity contribution is 6.04. The van der Waals surface area contributed by atoms with Gasteiger partial charge in [0.15, 0.2) is 0 Å². The van der Waals surface area contributed by atoms with Crippen molar-refractivity contribution in [3.63, 3.8) is 0 Å². The maximum absolute atomic E-state index is 13.6. The van der Waals surface area contributed by atoms with Crippen LogP contribution in [0.3, 0.4) is 0 Å². The van der Waals surface area contributed by atoms with E-state index in [2.05, 4.69) is 15.0 Å². The third-order valence-electron chi connectivity index (χ3n) is 5.23. The molecule has 5 aromatic rings. The Bertz CT molecular complexity index is 1410. The summed E-state index contributed by atoms with van der Waals surface area (Å²) in [6, 6.07) is 19.1. The van der Waals surface area contributed by atoms with E-state index in [0.717, 1.165) is 28.1 Å². The van der Waals surface area contributed by atoms with Crippen LogP contribution < -0.4 is 0 Å². The second-order valence-corrected chi connectivity index (χ2v) is 7.18. The zero-order valence-electron chi connectivity index (χ0n) is 16.0. The Labute approximate surface area is 174 Å². The molecule has 3 aromatic carbocycles. The average molecular weight is 421 g/mol. The van der Waals surface area contributed by atoms with Gasteiger partial charge in [0.05, 0.1) is 16.8 Å². The molecule has 5 rings (SSSR count). The van der Waals surface area contributed by atoms with E-state index >= 15 is 0 Å². The number of nitrogens with zero attached hydrogens (tertiary/aromatic N) is 2. The molecule has 0 amide bonds. The summed E-state index contributed by atoms with van der Waals surface area (Å²) >= 11 is 0. The van der Waals surface area contributed by atoms with Crippen LogP contribution in [0.1, 0.15) is 11.1 Å². The molecule has 0 aliphatic rings. The molecule has 2 aromatic heterocycles. The monoisotopic (exact) mass is 421 g/mol. The number of imidazole rings is 1. The van der Waals surface area contributed by atoms with Crippen LogP contribution in [-0.2, 0) is 12.9 Å². The van der Waals surface area contributed by atoms with Crippen molar-refractivity contribution >= 4 is 21.8 Å². The van der Waals surface area contributed by atoms with Gasteiger partial charge in [-0.25, -0.2) is 9.37 Å². The Morgan fingerprint density at radius 2 is 1.55 bits per heavy atom. The third kappa shape index (κ3) is 3.32. The maximum atomic E-state index is 13.6. The zero-order valence-corrected chi connectivity index (χ0v) is 16.0. The fourth-order valence-corrected chi connectivity index (χ4v) is 3.85. The first-order valence-electron chi connectivity index (χ1n) is 9.55. The molecule has 0 aliphatic heterocycles. The lowest BCUT2D eigenvalue weighted by Gasteiger charge is -2.10. The second-order valence-electron chi connectivity index (χ2n) is 7.18. The van der Waals surface area contributed by atoms with E-state index in [1.807, 2.05) is 54.6 Å². The molecule has 0 unspecified atom stereocenters. The van der Waals surface area contributed by atoms with Crippen LogP contribution in [0.2, 0.25) is 0 Å². The number of aromatic amines is 1. The van der Waals surface area contributed by atoms with Gasteiger partial charge in [-0.15, -0.1) is 0 Å². The molecule has 0 aliphatic carbocycles. The summed E-state index contributed by atoms with van der Waals surface area (Å²) in [6.45, 7) is -0.991. The van der Waals surface area contributed by atoms with Crippen LogP contribution in [0.4, 0.5) is 17.6 Å². The molecule has 0 saturated heterocycles. The normalized spacial score (nSPS) is 12.0. The smallest absolute Gasteiger partial charge is 0.338 e. The molecule has 0 atom stereocenters. The number of hydrogen-bond donors (Lipinski definition) is 1. The molecule has 31 heavy (non-hydrogen) atoms. The second kappa shape index (κ2) is 7.19. The Balaban J connectivity index is 1.75. The minimum Gasteiger partial charge on any atom is -0.338 e. The van der Waals surface area contributed by atoms with Gasteiger partial charge in [-0.2, -0.15) is 13.2 Å². The minimum absolute atomic E-state index is 0.0506. The number of halogens is 4. The predicted octanol–water partition coefficient (Wildman–Crippen LogP) is 6.93. The highest BCUT2D eigenvalue weighted by atomic mass is 19.4. The van der Waals surface area contributed by atoms with Crippen molar-refractivity contribution in [2.75, 3.05) is 0 Å². The molecular weight excluding hydrogens is 406 g/mol. The van der Waals surface area contributed by atoms with Crippen molar-refractivity contribution < 1.29 is 17.6 Å². The number of H-pyrrole nitrogens is 1. The molecule has 154 valence electrons. The van der Waals surface area contributed by atoms with Crippen LogP contribution in [-0.4, -0.2) is 15.0 Å². The summed E-state index contributed by atoms with van der Waals surface area (Å²) in [5.74, 6) is 0.292. The topological polar surface area (TPSA) is 41.6 Å². The van der Waals surface area contributed by atoms with E-state index in [4.69, 9.17) is 0 Å². The van der Waals surface area contributed by atoms with Crippen molar-refractivity contribution in [1.82, 2.24) is 15.0 Å². The van der Waals surface area contributed by atoms with Gasteiger partial charge in [0.25, 0.3) is 0 Å². The fourth-order valence-electron chi connectivity index (χ4n) is 3.85. The van der Waals surface area contributed by atoms with E-state index in [1.54, 1.807) is 6.20 Å². The van der Waals surface area contributed by atoms with Gasteiger partial charge in [-0.1, -0.05) is 36.4 Å². The molecule has 0 spiro atoms. The lowest BCUT2D eigenvalue weighted by molar-refractivity contribution is -0.136. The Hall–Kier alpha value is -3.74. The predicted molar refractivity (Wildman–Crippen MR) is 112 cm³/mol. The molecule has 0 radical (unpaired) electrons. The molecule has 0 saturated carbocycles. The number of fused-ring (bicyclic) bond motifs is 2. The van der Waals surface area contributed by atoms with E-state index in [-0.39, 0.29) is 16.6 Å². The maximum Gasteiger partial charge on any atom is 0.418 e. The van der Waals surface area contributed by atoms with Crippen molar-refractivity contribution in [1.29, 1.82) is 0 Å². The minimum atomic E-state index is -4.64. The number of alkyl halides is 4. The highest BCUT2D eigenvalue weighted by Gasteiger charge is 2.34. The first kappa shape index (κ1) is 19.2. The number of nitrogens with one attached hydrogen (secondary N) is 1. The van der Waals surface area contributed by atoms with Crippen molar-refractivity contribution in [2.24, 2.45) is 0 Å². The molecule has 0 bridgehead atoms. The summed E-state index contributed by atoms with van der Waals surface area (Å²) in [5, 5.41) is 1.73. The van der Waals surface area contributed by atoms with Crippen molar-refractivity contribution in [2.45, 2.75) is 12.9 Å². The zero-order chi connectivity index (χ0) is 21.6. The fraction of sp³-hybridized carbons (Fsp3) is 0.0833. The summed E-state index contributed by atoms with van der Waals surface area (Å²) in [6.07, 6.45) is -2.93. The number of aromatic nitrogens is 3. The number of hydrogen-bond acceptors (Lipinski definition) is 2. The Morgan fingerprint density at radius 3 is 2.23 bits per heavy atom. The Morgan fingerprint density at radius 1 is 0.839 bits per heavy atom. The number of pyridine rings is 1. The average Bonchev–Trinajstić information content (AvgIpc) is 3.21. The lowest BCUT2D eigenvalue weighted by atomic mass is 9.97. The Kier molecular flexibility index (Phi) is 4.46. The molecular formula is C24H15F4N3.